The maximum Gasteiger partial charge on any atom is 0.257 e. The molecule has 126 valence electrons. The van der Waals surface area contributed by atoms with Crippen LogP contribution in [0.4, 0.5) is 0 Å². The van der Waals surface area contributed by atoms with Gasteiger partial charge >= 0.3 is 0 Å². The fourth-order valence-corrected chi connectivity index (χ4v) is 3.76. The molecule has 0 spiro atoms. The van der Waals surface area contributed by atoms with E-state index in [4.69, 9.17) is 14.2 Å². The molecule has 0 aliphatic carbocycles. The second-order valence-electron chi connectivity index (χ2n) is 6.36. The van der Waals surface area contributed by atoms with E-state index in [0.29, 0.717) is 34.6 Å². The van der Waals surface area contributed by atoms with Crippen LogP contribution in [0.2, 0.25) is 0 Å². The van der Waals surface area contributed by atoms with Crippen molar-refractivity contribution >= 4 is 5.91 Å². The van der Waals surface area contributed by atoms with Crippen molar-refractivity contribution in [2.45, 2.75) is 0 Å². The summed E-state index contributed by atoms with van der Waals surface area (Å²) in [4.78, 5) is 17.2. The molecule has 0 unspecified atom stereocenters. The normalized spacial score (nSPS) is 23.7. The Morgan fingerprint density at radius 3 is 1.96 bits per heavy atom. The fourth-order valence-electron chi connectivity index (χ4n) is 3.76. The second-order valence-corrected chi connectivity index (χ2v) is 6.36. The molecule has 1 amide bonds. The van der Waals surface area contributed by atoms with Gasteiger partial charge in [0.1, 0.15) is 5.75 Å². The number of carbonyl (C=O) groups is 1. The van der Waals surface area contributed by atoms with Crippen LogP contribution in [-0.4, -0.2) is 70.3 Å². The van der Waals surface area contributed by atoms with Gasteiger partial charge < -0.3 is 24.0 Å². The lowest BCUT2D eigenvalue weighted by molar-refractivity contribution is 0.0772. The first kappa shape index (κ1) is 15.9. The highest BCUT2D eigenvalue weighted by Gasteiger charge is 2.41. The first-order valence-electron chi connectivity index (χ1n) is 7.85. The number of hydrogen-bond acceptors (Lipinski definition) is 5. The molecule has 1 aromatic rings. The van der Waals surface area contributed by atoms with Gasteiger partial charge in [-0.25, -0.2) is 0 Å². The number of amides is 1. The molecule has 2 saturated heterocycles. The van der Waals surface area contributed by atoms with Crippen LogP contribution in [0.25, 0.3) is 0 Å². The molecule has 6 heteroatoms. The summed E-state index contributed by atoms with van der Waals surface area (Å²) in [5, 5.41) is 0. The van der Waals surface area contributed by atoms with Crippen LogP contribution in [0.5, 0.6) is 17.2 Å². The Morgan fingerprint density at radius 2 is 1.43 bits per heavy atom. The smallest absolute Gasteiger partial charge is 0.257 e. The summed E-state index contributed by atoms with van der Waals surface area (Å²) in [5.74, 6) is 2.77. The Hall–Kier alpha value is -1.95. The molecule has 0 aromatic heterocycles. The largest absolute Gasteiger partial charge is 0.496 e. The number of rotatable bonds is 4. The molecule has 0 radical (unpaired) electrons. The van der Waals surface area contributed by atoms with Crippen LogP contribution in [0, 0.1) is 11.8 Å². The Kier molecular flexibility index (Phi) is 4.35. The van der Waals surface area contributed by atoms with E-state index in [1.165, 1.54) is 0 Å². The molecule has 2 atom stereocenters. The molecule has 0 saturated carbocycles. The number of hydrogen-bond donors (Lipinski definition) is 0. The van der Waals surface area contributed by atoms with E-state index in [-0.39, 0.29) is 5.91 Å². The summed E-state index contributed by atoms with van der Waals surface area (Å²) in [6, 6.07) is 3.41. The van der Waals surface area contributed by atoms with E-state index < -0.39 is 0 Å². The molecule has 3 rings (SSSR count). The van der Waals surface area contributed by atoms with E-state index in [9.17, 15) is 4.79 Å². The molecule has 2 fully saturated rings. The van der Waals surface area contributed by atoms with Crippen LogP contribution in [0.15, 0.2) is 12.1 Å². The Labute approximate surface area is 136 Å². The standard InChI is InChI=1S/C17H24N2O4/c1-18-7-11-9-19(10-12(11)8-18)17(20)13-5-15(22-3)16(23-4)6-14(13)21-2/h5-6,11-12H,7-10H2,1-4H3/t11-,12+. The third kappa shape index (κ3) is 2.83. The van der Waals surface area contributed by atoms with Crippen LogP contribution >= 0.6 is 0 Å². The summed E-state index contributed by atoms with van der Waals surface area (Å²) in [5.41, 5.74) is 0.526. The number of carbonyl (C=O) groups excluding carboxylic acids is 1. The molecule has 2 heterocycles. The zero-order valence-electron chi connectivity index (χ0n) is 14.2. The van der Waals surface area contributed by atoms with Gasteiger partial charge in [-0.05, 0) is 18.9 Å². The summed E-state index contributed by atoms with van der Waals surface area (Å²) in [6.07, 6.45) is 0. The summed E-state index contributed by atoms with van der Waals surface area (Å²) >= 11 is 0. The van der Waals surface area contributed by atoms with Crippen molar-refractivity contribution in [1.82, 2.24) is 9.80 Å². The van der Waals surface area contributed by atoms with Crippen molar-refractivity contribution in [3.05, 3.63) is 17.7 Å². The van der Waals surface area contributed by atoms with Gasteiger partial charge in [-0.2, -0.15) is 0 Å². The van der Waals surface area contributed by atoms with Crippen LogP contribution in [0.1, 0.15) is 10.4 Å². The lowest BCUT2D eigenvalue weighted by Crippen LogP contribution is -2.32. The van der Waals surface area contributed by atoms with Crippen molar-refractivity contribution < 1.29 is 19.0 Å². The third-order valence-corrected chi connectivity index (χ3v) is 4.89. The van der Waals surface area contributed by atoms with E-state index in [0.717, 1.165) is 26.2 Å². The Bertz CT molecular complexity index is 591. The maximum absolute atomic E-state index is 12.9. The van der Waals surface area contributed by atoms with E-state index in [2.05, 4.69) is 11.9 Å². The zero-order valence-corrected chi connectivity index (χ0v) is 14.2. The number of fused-ring (bicyclic) bond motifs is 1. The first-order chi connectivity index (χ1) is 11.1. The minimum Gasteiger partial charge on any atom is -0.496 e. The lowest BCUT2D eigenvalue weighted by atomic mass is 10.0. The van der Waals surface area contributed by atoms with Gasteiger partial charge in [0, 0.05) is 38.3 Å². The highest BCUT2D eigenvalue weighted by Crippen LogP contribution is 2.37. The average Bonchev–Trinajstić information content (AvgIpc) is 3.09. The predicted octanol–water partition coefficient (Wildman–Crippen LogP) is 1.35. The Morgan fingerprint density at radius 1 is 0.913 bits per heavy atom. The zero-order chi connectivity index (χ0) is 16.6. The SMILES string of the molecule is COc1cc(OC)c(C(=O)N2C[C@H]3CN(C)C[C@H]3C2)cc1OC. The van der Waals surface area contributed by atoms with Gasteiger partial charge in [0.05, 0.1) is 26.9 Å². The molecule has 1 aromatic carbocycles. The van der Waals surface area contributed by atoms with Crippen LogP contribution in [-0.2, 0) is 0 Å². The maximum atomic E-state index is 12.9. The average molecular weight is 320 g/mol. The van der Waals surface area contributed by atoms with E-state index in [1.807, 2.05) is 4.90 Å². The van der Waals surface area contributed by atoms with Gasteiger partial charge in [0.25, 0.3) is 5.91 Å². The third-order valence-electron chi connectivity index (χ3n) is 4.89. The van der Waals surface area contributed by atoms with Gasteiger partial charge in [0.15, 0.2) is 11.5 Å². The van der Waals surface area contributed by atoms with Gasteiger partial charge in [-0.3, -0.25) is 4.79 Å². The number of methoxy groups -OCH3 is 3. The molecule has 2 aliphatic rings. The summed E-state index contributed by atoms with van der Waals surface area (Å²) < 4.78 is 16.0. The van der Waals surface area contributed by atoms with Gasteiger partial charge in [0.2, 0.25) is 0 Å². The second kappa shape index (κ2) is 6.28. The van der Waals surface area contributed by atoms with Crippen molar-refractivity contribution in [2.24, 2.45) is 11.8 Å². The number of benzene rings is 1. The highest BCUT2D eigenvalue weighted by atomic mass is 16.5. The quantitative estimate of drug-likeness (QED) is 0.838. The van der Waals surface area contributed by atoms with Gasteiger partial charge in [-0.1, -0.05) is 0 Å². The van der Waals surface area contributed by atoms with Crippen molar-refractivity contribution in [2.75, 3.05) is 54.6 Å². The molecular formula is C17H24N2O4. The van der Waals surface area contributed by atoms with Gasteiger partial charge in [-0.15, -0.1) is 0 Å². The van der Waals surface area contributed by atoms with E-state index >= 15 is 0 Å². The minimum absolute atomic E-state index is 0.000133. The van der Waals surface area contributed by atoms with E-state index in [1.54, 1.807) is 33.5 Å². The molecule has 0 N–H and O–H groups in total. The van der Waals surface area contributed by atoms with Crippen LogP contribution in [0.3, 0.4) is 0 Å². The number of ether oxygens (including phenoxy) is 3. The minimum atomic E-state index is -0.000133. The lowest BCUT2D eigenvalue weighted by Gasteiger charge is -2.21. The molecule has 2 aliphatic heterocycles. The summed E-state index contributed by atoms with van der Waals surface area (Å²) in [7, 11) is 6.83. The van der Waals surface area contributed by atoms with Crippen molar-refractivity contribution in [1.29, 1.82) is 0 Å². The van der Waals surface area contributed by atoms with Crippen molar-refractivity contribution in [3.8, 4) is 17.2 Å². The Balaban J connectivity index is 1.85. The molecule has 0 bridgehead atoms. The van der Waals surface area contributed by atoms with Crippen LogP contribution < -0.4 is 14.2 Å². The highest BCUT2D eigenvalue weighted by molar-refractivity contribution is 5.98. The summed E-state index contributed by atoms with van der Waals surface area (Å²) in [6.45, 7) is 3.76. The monoisotopic (exact) mass is 320 g/mol. The fraction of sp³-hybridized carbons (Fsp3) is 0.588. The molecule has 23 heavy (non-hydrogen) atoms. The molecule has 6 nitrogen and oxygen atoms in total. The topological polar surface area (TPSA) is 51.2 Å². The predicted molar refractivity (Wildman–Crippen MR) is 86.5 cm³/mol. The number of nitrogens with zero attached hydrogens (tertiary/aromatic N) is 2. The van der Waals surface area contributed by atoms with Crippen molar-refractivity contribution in [3.63, 3.8) is 0 Å². The molecular weight excluding hydrogens is 296 g/mol. The number of likely N-dealkylation sites (tertiary alicyclic amines) is 2. The first-order valence-corrected chi connectivity index (χ1v) is 7.85.